The lowest BCUT2D eigenvalue weighted by Gasteiger charge is -2.09. The monoisotopic (exact) mass is 318 g/mol. The summed E-state index contributed by atoms with van der Waals surface area (Å²) in [7, 11) is 0. The summed E-state index contributed by atoms with van der Waals surface area (Å²) in [6.45, 7) is 3.76. The van der Waals surface area contributed by atoms with Crippen LogP contribution in [0.25, 0.3) is 0 Å². The van der Waals surface area contributed by atoms with E-state index in [0.29, 0.717) is 18.5 Å². The Balaban J connectivity index is 1.90. The van der Waals surface area contributed by atoms with E-state index in [1.54, 1.807) is 29.5 Å². The van der Waals surface area contributed by atoms with Crippen molar-refractivity contribution in [3.05, 3.63) is 45.4 Å². The number of carboxylic acid groups (broad SMARTS) is 1. The number of nitrogens with one attached hydrogen (secondary N) is 1. The van der Waals surface area contributed by atoms with Crippen molar-refractivity contribution in [3.8, 4) is 0 Å². The van der Waals surface area contributed by atoms with Gasteiger partial charge in [0.2, 0.25) is 5.91 Å². The van der Waals surface area contributed by atoms with Crippen LogP contribution >= 0.6 is 11.3 Å². The highest BCUT2D eigenvalue weighted by atomic mass is 32.1. The van der Waals surface area contributed by atoms with Crippen molar-refractivity contribution >= 4 is 28.9 Å². The number of hydrogen-bond donors (Lipinski definition) is 2. The number of carbonyl (C=O) groups is 2. The Bertz CT molecular complexity index is 694. The summed E-state index contributed by atoms with van der Waals surface area (Å²) in [5.41, 5.74) is 2.29. The lowest BCUT2D eigenvalue weighted by atomic mass is 10.1. The van der Waals surface area contributed by atoms with Crippen LogP contribution in [0.5, 0.6) is 0 Å². The minimum atomic E-state index is -1.04. The van der Waals surface area contributed by atoms with Gasteiger partial charge in [0.25, 0.3) is 0 Å². The molecule has 1 aromatic heterocycles. The van der Waals surface area contributed by atoms with Gasteiger partial charge in [0.15, 0.2) is 0 Å². The molecule has 1 amide bonds. The van der Waals surface area contributed by atoms with Gasteiger partial charge in [0.05, 0.1) is 22.0 Å². The largest absolute Gasteiger partial charge is 0.478 e. The molecule has 0 aliphatic carbocycles. The highest BCUT2D eigenvalue weighted by Crippen LogP contribution is 2.18. The van der Waals surface area contributed by atoms with E-state index in [1.165, 1.54) is 0 Å². The van der Waals surface area contributed by atoms with Crippen LogP contribution in [0.3, 0.4) is 0 Å². The van der Waals surface area contributed by atoms with E-state index in [9.17, 15) is 14.7 Å². The molecule has 0 aliphatic heterocycles. The highest BCUT2D eigenvalue weighted by Gasteiger charge is 2.12. The van der Waals surface area contributed by atoms with Crippen LogP contribution < -0.4 is 5.32 Å². The van der Waals surface area contributed by atoms with E-state index in [4.69, 9.17) is 0 Å². The summed E-state index contributed by atoms with van der Waals surface area (Å²) in [6, 6.07) is 4.95. The molecule has 0 unspecified atom stereocenters. The van der Waals surface area contributed by atoms with E-state index in [-0.39, 0.29) is 11.5 Å². The fraction of sp³-hybridized carbons (Fsp3) is 0.312. The number of hydrogen-bond acceptors (Lipinski definition) is 4. The van der Waals surface area contributed by atoms with E-state index >= 15 is 0 Å². The molecule has 0 bridgehead atoms. The zero-order valence-electron chi connectivity index (χ0n) is 12.5. The third kappa shape index (κ3) is 4.39. The normalized spacial score (nSPS) is 10.5. The van der Waals surface area contributed by atoms with Gasteiger partial charge in [-0.25, -0.2) is 9.78 Å². The molecule has 0 radical (unpaired) electrons. The third-order valence-electron chi connectivity index (χ3n) is 3.18. The number of rotatable bonds is 6. The lowest BCUT2D eigenvalue weighted by Crippen LogP contribution is -2.14. The molecule has 2 aromatic rings. The molecule has 0 spiro atoms. The van der Waals surface area contributed by atoms with Crippen molar-refractivity contribution in [2.45, 2.75) is 33.1 Å². The second-order valence-electron chi connectivity index (χ2n) is 5.11. The Hall–Kier alpha value is -2.21. The van der Waals surface area contributed by atoms with E-state index < -0.39 is 5.97 Å². The molecule has 0 fully saturated rings. The molecule has 0 aliphatic rings. The van der Waals surface area contributed by atoms with Gasteiger partial charge in [-0.1, -0.05) is 11.6 Å². The molecule has 0 saturated carbocycles. The summed E-state index contributed by atoms with van der Waals surface area (Å²) in [6.07, 6.45) is 1.77. The number of carboxylic acids is 1. The minimum Gasteiger partial charge on any atom is -0.478 e. The maximum atomic E-state index is 11.9. The van der Waals surface area contributed by atoms with Crippen molar-refractivity contribution in [2.75, 3.05) is 5.32 Å². The first-order valence-electron chi connectivity index (χ1n) is 7.00. The summed E-state index contributed by atoms with van der Waals surface area (Å²) < 4.78 is 0. The fourth-order valence-electron chi connectivity index (χ4n) is 2.11. The zero-order valence-corrected chi connectivity index (χ0v) is 13.4. The van der Waals surface area contributed by atoms with E-state index in [0.717, 1.165) is 22.7 Å². The number of nitrogens with zero attached hydrogens (tertiary/aromatic N) is 1. The Labute approximate surface area is 133 Å². The van der Waals surface area contributed by atoms with Crippen LogP contribution in [0.2, 0.25) is 0 Å². The van der Waals surface area contributed by atoms with E-state index in [1.807, 2.05) is 19.2 Å². The lowest BCUT2D eigenvalue weighted by molar-refractivity contribution is -0.116. The quantitative estimate of drug-likeness (QED) is 0.855. The molecule has 5 nitrogen and oxygen atoms in total. The Morgan fingerprint density at radius 2 is 2.09 bits per heavy atom. The zero-order chi connectivity index (χ0) is 16.1. The molecule has 116 valence electrons. The van der Waals surface area contributed by atoms with Gasteiger partial charge >= 0.3 is 5.97 Å². The first kappa shape index (κ1) is 16.2. The van der Waals surface area contributed by atoms with Gasteiger partial charge in [0.1, 0.15) is 0 Å². The average molecular weight is 318 g/mol. The van der Waals surface area contributed by atoms with Crippen molar-refractivity contribution in [3.63, 3.8) is 0 Å². The van der Waals surface area contributed by atoms with Gasteiger partial charge < -0.3 is 10.4 Å². The average Bonchev–Trinajstić information content (AvgIpc) is 2.86. The van der Waals surface area contributed by atoms with Crippen LogP contribution in [0, 0.1) is 13.8 Å². The summed E-state index contributed by atoms with van der Waals surface area (Å²) >= 11 is 1.60. The van der Waals surface area contributed by atoms with Gasteiger partial charge in [0, 0.05) is 11.8 Å². The first-order valence-corrected chi connectivity index (χ1v) is 7.88. The molecule has 6 heteroatoms. The van der Waals surface area contributed by atoms with Crippen LogP contribution in [0.4, 0.5) is 5.69 Å². The van der Waals surface area contributed by atoms with Crippen molar-refractivity contribution < 1.29 is 14.7 Å². The van der Waals surface area contributed by atoms with Crippen LogP contribution in [0.1, 0.15) is 39.5 Å². The molecule has 0 atom stereocenters. The van der Waals surface area contributed by atoms with E-state index in [2.05, 4.69) is 10.3 Å². The molecule has 0 saturated heterocycles. The third-order valence-corrected chi connectivity index (χ3v) is 4.01. The van der Waals surface area contributed by atoms with Crippen LogP contribution in [-0.2, 0) is 11.2 Å². The highest BCUT2D eigenvalue weighted by molar-refractivity contribution is 7.09. The number of carbonyl (C=O) groups excluding carboxylic acids is 1. The number of amides is 1. The molecule has 1 aromatic carbocycles. The van der Waals surface area contributed by atoms with Crippen molar-refractivity contribution in [2.24, 2.45) is 0 Å². The molecule has 1 heterocycles. The summed E-state index contributed by atoms with van der Waals surface area (Å²) in [5.74, 6) is -1.23. The Kier molecular flexibility index (Phi) is 5.27. The fourth-order valence-corrected chi connectivity index (χ4v) is 2.76. The molecule has 2 N–H and O–H groups in total. The molecule has 2 rings (SSSR count). The SMILES string of the molecule is Cc1ccc(NC(=O)CCCc2csc(C)n2)c(C(=O)O)c1. The summed E-state index contributed by atoms with van der Waals surface area (Å²) in [4.78, 5) is 27.5. The van der Waals surface area contributed by atoms with Crippen LogP contribution in [-0.4, -0.2) is 22.0 Å². The number of anilines is 1. The van der Waals surface area contributed by atoms with Gasteiger partial charge in [-0.2, -0.15) is 0 Å². The Morgan fingerprint density at radius 3 is 2.73 bits per heavy atom. The summed E-state index contributed by atoms with van der Waals surface area (Å²) in [5, 5.41) is 14.9. The van der Waals surface area contributed by atoms with Gasteiger partial charge in [-0.15, -0.1) is 11.3 Å². The first-order chi connectivity index (χ1) is 10.5. The molecular weight excluding hydrogens is 300 g/mol. The maximum absolute atomic E-state index is 11.9. The number of aryl methyl sites for hydroxylation is 3. The standard InChI is InChI=1S/C16H18N2O3S/c1-10-6-7-14(13(8-10)16(20)21)18-15(19)5-3-4-12-9-22-11(2)17-12/h6-9H,3-5H2,1-2H3,(H,18,19)(H,20,21). The number of benzene rings is 1. The Morgan fingerprint density at radius 1 is 1.32 bits per heavy atom. The number of thiazole rings is 1. The molecule has 22 heavy (non-hydrogen) atoms. The van der Waals surface area contributed by atoms with Gasteiger partial charge in [-0.3, -0.25) is 4.79 Å². The smallest absolute Gasteiger partial charge is 0.337 e. The second kappa shape index (κ2) is 7.17. The predicted octanol–water partition coefficient (Wildman–Crippen LogP) is 3.42. The van der Waals surface area contributed by atoms with Gasteiger partial charge in [-0.05, 0) is 38.8 Å². The minimum absolute atomic E-state index is 0.114. The number of aromatic nitrogens is 1. The molecular formula is C16H18N2O3S. The van der Waals surface area contributed by atoms with Crippen LogP contribution in [0.15, 0.2) is 23.6 Å². The predicted molar refractivity (Wildman–Crippen MR) is 86.6 cm³/mol. The maximum Gasteiger partial charge on any atom is 0.337 e. The second-order valence-corrected chi connectivity index (χ2v) is 6.18. The van der Waals surface area contributed by atoms with Crippen molar-refractivity contribution in [1.29, 1.82) is 0 Å². The van der Waals surface area contributed by atoms with Crippen molar-refractivity contribution in [1.82, 2.24) is 4.98 Å². The number of aromatic carboxylic acids is 1. The topological polar surface area (TPSA) is 79.3 Å².